The van der Waals surface area contributed by atoms with Crippen LogP contribution in [0.5, 0.6) is 6.01 Å². The fourth-order valence-electron chi connectivity index (χ4n) is 2.85. The maximum Gasteiger partial charge on any atom is 0.414 e. The van der Waals surface area contributed by atoms with Gasteiger partial charge in [0.05, 0.1) is 13.2 Å². The molecule has 0 spiro atoms. The van der Waals surface area contributed by atoms with E-state index in [1.807, 2.05) is 24.3 Å². The lowest BCUT2D eigenvalue weighted by atomic mass is 10.1. The average molecular weight is 370 g/mol. The predicted molar refractivity (Wildman–Crippen MR) is 92.6 cm³/mol. The summed E-state index contributed by atoms with van der Waals surface area (Å²) in [6.45, 7) is 1.08. The first-order chi connectivity index (χ1) is 13.1. The van der Waals surface area contributed by atoms with Gasteiger partial charge in [0, 0.05) is 17.2 Å². The molecule has 0 amide bonds. The van der Waals surface area contributed by atoms with Gasteiger partial charge < -0.3 is 19.6 Å². The van der Waals surface area contributed by atoms with Gasteiger partial charge in [-0.25, -0.2) is 4.98 Å². The van der Waals surface area contributed by atoms with Gasteiger partial charge in [0.25, 0.3) is 0 Å². The van der Waals surface area contributed by atoms with Crippen LogP contribution in [0.4, 0.5) is 10.2 Å². The zero-order chi connectivity index (χ0) is 18.8. The second kappa shape index (κ2) is 7.12. The predicted octanol–water partition coefficient (Wildman–Crippen LogP) is 2.97. The van der Waals surface area contributed by atoms with Crippen molar-refractivity contribution >= 4 is 5.82 Å². The molecule has 1 aliphatic rings. The number of benzene rings is 1. The van der Waals surface area contributed by atoms with Gasteiger partial charge in [0.15, 0.2) is 0 Å². The van der Waals surface area contributed by atoms with E-state index >= 15 is 0 Å². The Balaban J connectivity index is 1.37. The van der Waals surface area contributed by atoms with Crippen molar-refractivity contribution in [1.82, 2.24) is 14.5 Å². The molecule has 4 rings (SSSR count). The molecule has 0 bridgehead atoms. The molecule has 1 aliphatic heterocycles. The zero-order valence-corrected chi connectivity index (χ0v) is 14.1. The summed E-state index contributed by atoms with van der Waals surface area (Å²) in [5.74, 6) is -0.759. The quantitative estimate of drug-likeness (QED) is 0.389. The molecule has 0 fully saturated rings. The van der Waals surface area contributed by atoms with E-state index in [0.717, 1.165) is 16.7 Å². The number of hydrogen-bond donors (Lipinski definition) is 0. The maximum atomic E-state index is 13.2. The Morgan fingerprint density at radius 3 is 2.85 bits per heavy atom. The molecule has 138 valence electrons. The number of halogens is 1. The number of pyridine rings is 1. The number of imidazole rings is 1. The highest BCUT2D eigenvalue weighted by atomic mass is 19.1. The number of hydrogen-bond acceptors (Lipinski definition) is 6. The lowest BCUT2D eigenvalue weighted by Gasteiger charge is -2.22. The monoisotopic (exact) mass is 370 g/mol. The molecule has 1 aromatic carbocycles. The third-order valence-corrected chi connectivity index (χ3v) is 4.21. The fourth-order valence-corrected chi connectivity index (χ4v) is 2.85. The van der Waals surface area contributed by atoms with Crippen LogP contribution in [0.2, 0.25) is 0 Å². The molecule has 0 unspecified atom stereocenters. The molecule has 0 saturated heterocycles. The Labute approximate surface area is 153 Å². The van der Waals surface area contributed by atoms with E-state index in [1.165, 1.54) is 18.5 Å². The maximum absolute atomic E-state index is 13.2. The Morgan fingerprint density at radius 2 is 2.11 bits per heavy atom. The Bertz CT molecular complexity index is 974. The molecule has 27 heavy (non-hydrogen) atoms. The highest BCUT2D eigenvalue weighted by Crippen LogP contribution is 2.23. The van der Waals surface area contributed by atoms with Gasteiger partial charge in [-0.15, -0.1) is 0 Å². The minimum Gasteiger partial charge on any atom is -0.443 e. The van der Waals surface area contributed by atoms with Crippen LogP contribution in [0.15, 0.2) is 48.8 Å². The van der Waals surface area contributed by atoms with Crippen LogP contribution in [0.1, 0.15) is 5.56 Å². The van der Waals surface area contributed by atoms with Crippen LogP contribution >= 0.6 is 0 Å². The minimum absolute atomic E-state index is 0.232. The average Bonchev–Trinajstić information content (AvgIpc) is 3.10. The van der Waals surface area contributed by atoms with Crippen molar-refractivity contribution in [1.29, 1.82) is 0 Å². The molecule has 0 N–H and O–H groups in total. The molecule has 1 atom stereocenters. The highest BCUT2D eigenvalue weighted by molar-refractivity contribution is 5.62. The van der Waals surface area contributed by atoms with Gasteiger partial charge in [0.1, 0.15) is 18.9 Å². The fraction of sp³-hybridized carbons (Fsp3) is 0.222. The first kappa shape index (κ1) is 17.1. The van der Waals surface area contributed by atoms with Gasteiger partial charge in [-0.1, -0.05) is 24.3 Å². The third-order valence-electron chi connectivity index (χ3n) is 4.21. The van der Waals surface area contributed by atoms with Crippen molar-refractivity contribution in [3.63, 3.8) is 0 Å². The third kappa shape index (κ3) is 3.77. The molecular formula is C18H15FN4O4. The van der Waals surface area contributed by atoms with Crippen LogP contribution in [0.25, 0.3) is 11.1 Å². The van der Waals surface area contributed by atoms with Crippen molar-refractivity contribution in [2.45, 2.75) is 19.3 Å². The molecule has 8 nitrogen and oxygen atoms in total. The summed E-state index contributed by atoms with van der Waals surface area (Å²) in [6.07, 6.45) is 2.53. The second-order valence-electron chi connectivity index (χ2n) is 6.10. The molecular weight excluding hydrogens is 355 g/mol. The summed E-state index contributed by atoms with van der Waals surface area (Å²) in [5.41, 5.74) is 2.59. The molecule has 0 aliphatic carbocycles. The molecule has 2 aromatic heterocycles. The number of nitro groups is 1. The van der Waals surface area contributed by atoms with E-state index in [-0.39, 0.29) is 24.5 Å². The first-order valence-corrected chi connectivity index (χ1v) is 8.25. The lowest BCUT2D eigenvalue weighted by Crippen LogP contribution is -2.32. The van der Waals surface area contributed by atoms with Gasteiger partial charge in [-0.05, 0) is 27.7 Å². The van der Waals surface area contributed by atoms with Gasteiger partial charge in [-0.3, -0.25) is 4.57 Å². The van der Waals surface area contributed by atoms with Crippen LogP contribution in [0.3, 0.4) is 0 Å². The summed E-state index contributed by atoms with van der Waals surface area (Å²) in [7, 11) is 0. The number of ether oxygens (including phenoxy) is 2. The topological polar surface area (TPSA) is 92.3 Å². The number of fused-ring (bicyclic) bond motifs is 1. The molecule has 3 heterocycles. The SMILES string of the molecule is O=[N+]([O-])c1cn2c(n1)OC[C@@H](OCc1ccc(-c3ccnc(F)c3)cc1)C2. The number of aromatic nitrogens is 3. The van der Waals surface area contributed by atoms with E-state index in [0.29, 0.717) is 13.2 Å². The number of nitrogens with zero attached hydrogens (tertiary/aromatic N) is 4. The van der Waals surface area contributed by atoms with Crippen molar-refractivity contribution in [2.24, 2.45) is 0 Å². The summed E-state index contributed by atoms with van der Waals surface area (Å²) >= 11 is 0. The van der Waals surface area contributed by atoms with Crippen molar-refractivity contribution in [3.8, 4) is 17.1 Å². The first-order valence-electron chi connectivity index (χ1n) is 8.25. The van der Waals surface area contributed by atoms with Crippen molar-refractivity contribution in [3.05, 3.63) is 70.4 Å². The van der Waals surface area contributed by atoms with Crippen LogP contribution in [-0.4, -0.2) is 32.2 Å². The van der Waals surface area contributed by atoms with Crippen LogP contribution in [0, 0.1) is 16.1 Å². The summed E-state index contributed by atoms with van der Waals surface area (Å²) < 4.78 is 26.1. The summed E-state index contributed by atoms with van der Waals surface area (Å²) in [4.78, 5) is 17.6. The minimum atomic E-state index is -0.555. The summed E-state index contributed by atoms with van der Waals surface area (Å²) in [6, 6.07) is 11.0. The van der Waals surface area contributed by atoms with E-state index < -0.39 is 10.9 Å². The standard InChI is InChI=1S/C18H15FN4O4/c19-16-7-14(5-6-20-16)13-3-1-12(2-4-13)10-26-15-8-22-9-17(23(24)25)21-18(22)27-11-15/h1-7,9,15H,8,10-11H2/t15-/m0/s1. The van der Waals surface area contributed by atoms with Crippen LogP contribution in [-0.2, 0) is 17.9 Å². The molecule has 0 saturated carbocycles. The summed E-state index contributed by atoms with van der Waals surface area (Å²) in [5, 5.41) is 10.8. The van der Waals surface area contributed by atoms with E-state index in [4.69, 9.17) is 9.47 Å². The van der Waals surface area contributed by atoms with Crippen molar-refractivity contribution < 1.29 is 18.8 Å². The smallest absolute Gasteiger partial charge is 0.414 e. The van der Waals surface area contributed by atoms with Gasteiger partial charge in [0.2, 0.25) is 5.95 Å². The Hall–Kier alpha value is -3.33. The van der Waals surface area contributed by atoms with Gasteiger partial charge in [-0.2, -0.15) is 4.39 Å². The van der Waals surface area contributed by atoms with E-state index in [2.05, 4.69) is 9.97 Å². The van der Waals surface area contributed by atoms with E-state index in [1.54, 1.807) is 10.6 Å². The molecule has 0 radical (unpaired) electrons. The van der Waals surface area contributed by atoms with E-state index in [9.17, 15) is 14.5 Å². The number of rotatable bonds is 5. The highest BCUT2D eigenvalue weighted by Gasteiger charge is 2.28. The lowest BCUT2D eigenvalue weighted by molar-refractivity contribution is -0.389. The Morgan fingerprint density at radius 1 is 1.30 bits per heavy atom. The van der Waals surface area contributed by atoms with Crippen LogP contribution < -0.4 is 4.74 Å². The molecule has 3 aromatic rings. The zero-order valence-electron chi connectivity index (χ0n) is 14.1. The molecule has 9 heteroatoms. The van der Waals surface area contributed by atoms with Crippen molar-refractivity contribution in [2.75, 3.05) is 6.61 Å². The van der Waals surface area contributed by atoms with Gasteiger partial charge >= 0.3 is 11.8 Å². The Kier molecular flexibility index (Phi) is 4.51. The normalized spacial score (nSPS) is 15.8. The largest absolute Gasteiger partial charge is 0.443 e. The second-order valence-corrected chi connectivity index (χ2v) is 6.10.